The van der Waals surface area contributed by atoms with Crippen LogP contribution in [0.2, 0.25) is 0 Å². The first-order chi connectivity index (χ1) is 13.2. The first-order valence-electron chi connectivity index (χ1n) is 9.73. The van der Waals surface area contributed by atoms with Crippen LogP contribution in [0.15, 0.2) is 48.9 Å². The standard InChI is InChI=1S/C21H28N6/c1-17-22-10-13-26(17)15-14-25(2)19-7-11-27(12-8-19)20-5-3-4-18(16-20)21-6-9-23-24-21/h3-6,9-10,13,16,19H,7-8,11-12,14-15H2,1-2H3,(H,23,24). The molecule has 0 spiro atoms. The van der Waals surface area contributed by atoms with Gasteiger partial charge < -0.3 is 14.4 Å². The van der Waals surface area contributed by atoms with Gasteiger partial charge >= 0.3 is 0 Å². The molecule has 1 N–H and O–H groups in total. The van der Waals surface area contributed by atoms with Crippen molar-refractivity contribution in [2.75, 3.05) is 31.6 Å². The zero-order valence-electron chi connectivity index (χ0n) is 16.2. The highest BCUT2D eigenvalue weighted by Gasteiger charge is 2.22. The number of aromatic amines is 1. The first-order valence-corrected chi connectivity index (χ1v) is 9.73. The van der Waals surface area contributed by atoms with Crippen molar-refractivity contribution < 1.29 is 0 Å². The number of nitrogens with one attached hydrogen (secondary N) is 1. The molecule has 6 heteroatoms. The molecule has 1 fully saturated rings. The van der Waals surface area contributed by atoms with Gasteiger partial charge in [-0.05, 0) is 45.0 Å². The molecule has 142 valence electrons. The molecule has 1 aromatic carbocycles. The Balaban J connectivity index is 1.32. The number of aromatic nitrogens is 4. The Labute approximate surface area is 160 Å². The van der Waals surface area contributed by atoms with Crippen molar-refractivity contribution in [3.63, 3.8) is 0 Å². The fraction of sp³-hybridized carbons (Fsp3) is 0.429. The van der Waals surface area contributed by atoms with Crippen LogP contribution in [0.4, 0.5) is 5.69 Å². The number of benzene rings is 1. The van der Waals surface area contributed by atoms with Gasteiger partial charge in [-0.15, -0.1) is 0 Å². The minimum absolute atomic E-state index is 0.654. The molecule has 0 bridgehead atoms. The summed E-state index contributed by atoms with van der Waals surface area (Å²) in [6.07, 6.45) is 8.15. The van der Waals surface area contributed by atoms with E-state index in [0.717, 1.165) is 37.7 Å². The van der Waals surface area contributed by atoms with E-state index in [1.54, 1.807) is 6.20 Å². The number of rotatable bonds is 6. The summed E-state index contributed by atoms with van der Waals surface area (Å²) in [5.41, 5.74) is 3.57. The third-order valence-electron chi connectivity index (χ3n) is 5.73. The predicted molar refractivity (Wildman–Crippen MR) is 109 cm³/mol. The van der Waals surface area contributed by atoms with Gasteiger partial charge in [0.1, 0.15) is 5.82 Å². The van der Waals surface area contributed by atoms with Crippen molar-refractivity contribution >= 4 is 5.69 Å². The quantitative estimate of drug-likeness (QED) is 0.730. The Kier molecular flexibility index (Phi) is 5.25. The van der Waals surface area contributed by atoms with Crippen LogP contribution in [0.3, 0.4) is 0 Å². The lowest BCUT2D eigenvalue weighted by Crippen LogP contribution is -2.44. The molecule has 0 atom stereocenters. The van der Waals surface area contributed by atoms with E-state index in [4.69, 9.17) is 0 Å². The van der Waals surface area contributed by atoms with Crippen LogP contribution in [0, 0.1) is 6.92 Å². The smallest absolute Gasteiger partial charge is 0.105 e. The van der Waals surface area contributed by atoms with Crippen molar-refractivity contribution in [2.24, 2.45) is 0 Å². The molecule has 3 aromatic rings. The third-order valence-corrected chi connectivity index (χ3v) is 5.73. The average molecular weight is 364 g/mol. The molecular formula is C21H28N6. The number of H-pyrrole nitrogens is 1. The van der Waals surface area contributed by atoms with Crippen LogP contribution in [0.25, 0.3) is 11.3 Å². The van der Waals surface area contributed by atoms with E-state index in [1.807, 2.05) is 12.3 Å². The summed E-state index contributed by atoms with van der Waals surface area (Å²) < 4.78 is 2.23. The summed E-state index contributed by atoms with van der Waals surface area (Å²) in [7, 11) is 2.26. The molecule has 0 amide bonds. The van der Waals surface area contributed by atoms with E-state index in [2.05, 4.69) is 74.0 Å². The first kappa shape index (κ1) is 17.8. The van der Waals surface area contributed by atoms with Crippen LogP contribution in [0.1, 0.15) is 18.7 Å². The second kappa shape index (κ2) is 7.96. The molecule has 0 radical (unpaired) electrons. The number of aryl methyl sites for hydroxylation is 1. The number of hydrogen-bond donors (Lipinski definition) is 1. The van der Waals surface area contributed by atoms with Gasteiger partial charge in [0.25, 0.3) is 0 Å². The number of imidazole rings is 1. The Morgan fingerprint density at radius 1 is 1.19 bits per heavy atom. The molecule has 2 aromatic heterocycles. The lowest BCUT2D eigenvalue weighted by atomic mass is 10.0. The fourth-order valence-electron chi connectivity index (χ4n) is 3.94. The molecule has 1 aliphatic rings. The number of nitrogens with zero attached hydrogens (tertiary/aromatic N) is 5. The molecule has 1 saturated heterocycles. The van der Waals surface area contributed by atoms with Gasteiger partial charge in [0.05, 0.1) is 5.69 Å². The molecule has 6 nitrogen and oxygen atoms in total. The van der Waals surface area contributed by atoms with Gasteiger partial charge in [-0.2, -0.15) is 5.10 Å². The summed E-state index contributed by atoms with van der Waals surface area (Å²) >= 11 is 0. The van der Waals surface area contributed by atoms with Gasteiger partial charge in [0, 0.05) is 62.1 Å². The van der Waals surface area contributed by atoms with Gasteiger partial charge in [-0.1, -0.05) is 12.1 Å². The lowest BCUT2D eigenvalue weighted by Gasteiger charge is -2.38. The minimum atomic E-state index is 0.654. The molecule has 0 saturated carbocycles. The summed E-state index contributed by atoms with van der Waals surface area (Å²) in [4.78, 5) is 9.32. The monoisotopic (exact) mass is 364 g/mol. The lowest BCUT2D eigenvalue weighted by molar-refractivity contribution is 0.200. The molecule has 1 aliphatic heterocycles. The van der Waals surface area contributed by atoms with Crippen molar-refractivity contribution in [1.82, 2.24) is 24.6 Å². The maximum Gasteiger partial charge on any atom is 0.105 e. The predicted octanol–water partition coefficient (Wildman–Crippen LogP) is 3.18. The highest BCUT2D eigenvalue weighted by molar-refractivity contribution is 5.65. The van der Waals surface area contributed by atoms with E-state index >= 15 is 0 Å². The minimum Gasteiger partial charge on any atom is -0.371 e. The second-order valence-electron chi connectivity index (χ2n) is 7.39. The van der Waals surface area contributed by atoms with Crippen LogP contribution in [0.5, 0.6) is 0 Å². The topological polar surface area (TPSA) is 53.0 Å². The highest BCUT2D eigenvalue weighted by Crippen LogP contribution is 2.26. The summed E-state index contributed by atoms with van der Waals surface area (Å²) in [6.45, 7) is 6.35. The van der Waals surface area contributed by atoms with E-state index in [0.29, 0.717) is 6.04 Å². The fourth-order valence-corrected chi connectivity index (χ4v) is 3.94. The van der Waals surface area contributed by atoms with E-state index in [1.165, 1.54) is 24.1 Å². The van der Waals surface area contributed by atoms with Crippen LogP contribution in [-0.4, -0.2) is 57.4 Å². The van der Waals surface area contributed by atoms with Gasteiger partial charge in [0.2, 0.25) is 0 Å². The van der Waals surface area contributed by atoms with E-state index < -0.39 is 0 Å². The van der Waals surface area contributed by atoms with Gasteiger partial charge in [0.15, 0.2) is 0 Å². The van der Waals surface area contributed by atoms with Crippen LogP contribution in [-0.2, 0) is 6.54 Å². The number of piperidine rings is 1. The third kappa shape index (κ3) is 4.06. The van der Waals surface area contributed by atoms with Crippen LogP contribution >= 0.6 is 0 Å². The van der Waals surface area contributed by atoms with Gasteiger partial charge in [-0.3, -0.25) is 5.10 Å². The molecule has 0 unspecified atom stereocenters. The molecular weight excluding hydrogens is 336 g/mol. The van der Waals surface area contributed by atoms with Crippen molar-refractivity contribution in [3.05, 3.63) is 54.7 Å². The van der Waals surface area contributed by atoms with Crippen LogP contribution < -0.4 is 4.90 Å². The summed E-state index contributed by atoms with van der Waals surface area (Å²) in [5, 5.41) is 7.12. The second-order valence-corrected chi connectivity index (χ2v) is 7.39. The maximum atomic E-state index is 4.31. The zero-order chi connectivity index (χ0) is 18.6. The Hall–Kier alpha value is -2.60. The number of anilines is 1. The van der Waals surface area contributed by atoms with Crippen molar-refractivity contribution in [2.45, 2.75) is 32.4 Å². The molecule has 0 aliphatic carbocycles. The maximum absolute atomic E-state index is 4.31. The molecule has 3 heterocycles. The Morgan fingerprint density at radius 2 is 2.04 bits per heavy atom. The zero-order valence-corrected chi connectivity index (χ0v) is 16.2. The van der Waals surface area contributed by atoms with Gasteiger partial charge in [-0.25, -0.2) is 4.98 Å². The SMILES string of the molecule is Cc1nccn1CCN(C)C1CCN(c2cccc(-c3ccn[nH]3)c2)CC1. The largest absolute Gasteiger partial charge is 0.371 e. The summed E-state index contributed by atoms with van der Waals surface area (Å²) in [5.74, 6) is 1.09. The number of likely N-dealkylation sites (N-methyl/N-ethyl adjacent to an activating group) is 1. The summed E-state index contributed by atoms with van der Waals surface area (Å²) in [6, 6.07) is 11.4. The Morgan fingerprint density at radius 3 is 2.74 bits per heavy atom. The molecule has 4 rings (SSSR count). The Bertz CT molecular complexity index is 845. The van der Waals surface area contributed by atoms with E-state index in [-0.39, 0.29) is 0 Å². The number of hydrogen-bond acceptors (Lipinski definition) is 4. The van der Waals surface area contributed by atoms with Crippen molar-refractivity contribution in [3.8, 4) is 11.3 Å². The van der Waals surface area contributed by atoms with E-state index in [9.17, 15) is 0 Å². The average Bonchev–Trinajstić information content (AvgIpc) is 3.38. The normalized spacial score (nSPS) is 15.6. The van der Waals surface area contributed by atoms with Crippen molar-refractivity contribution in [1.29, 1.82) is 0 Å². The highest BCUT2D eigenvalue weighted by atomic mass is 15.2. The molecule has 27 heavy (non-hydrogen) atoms.